The molecule has 0 unspecified atom stereocenters. The van der Waals surface area contributed by atoms with E-state index in [0.29, 0.717) is 0 Å². The molecular weight excluding hydrogens is 422 g/mol. The van der Waals surface area contributed by atoms with Crippen LogP contribution in [-0.2, 0) is 5.41 Å². The number of hydrogen-bond donors (Lipinski definition) is 1. The lowest BCUT2D eigenvalue weighted by Crippen LogP contribution is -2.55. The van der Waals surface area contributed by atoms with Crippen LogP contribution in [0.5, 0.6) is 0 Å². The van der Waals surface area contributed by atoms with Crippen LogP contribution < -0.4 is 0 Å². The van der Waals surface area contributed by atoms with Crippen molar-refractivity contribution in [3.05, 3.63) is 96.1 Å². The Morgan fingerprint density at radius 1 is 0.543 bits per heavy atom. The summed E-state index contributed by atoms with van der Waals surface area (Å²) < 4.78 is 0. The fourth-order valence-corrected chi connectivity index (χ4v) is 9.37. The van der Waals surface area contributed by atoms with Gasteiger partial charge in [0.15, 0.2) is 0 Å². The van der Waals surface area contributed by atoms with Crippen LogP contribution in [-0.4, -0.2) is 4.98 Å². The van der Waals surface area contributed by atoms with Crippen LogP contribution >= 0.6 is 0 Å². The van der Waals surface area contributed by atoms with Gasteiger partial charge < -0.3 is 4.98 Å². The van der Waals surface area contributed by atoms with Crippen molar-refractivity contribution in [3.63, 3.8) is 0 Å². The molecule has 0 aliphatic heterocycles. The standard InChI is InChI=1S/C34H29N/c1-3-7-30-26(5-1)27-11-9-22(23-10-12-29-28-6-2-4-8-32(28)35-33(29)19-23)18-31(27)34(30)24-14-20-13-21(16-24)17-25(34)15-20/h1-12,18-21,24-25,35H,13-17H2. The summed E-state index contributed by atoms with van der Waals surface area (Å²) in [6, 6.07) is 32.5. The van der Waals surface area contributed by atoms with Crippen molar-refractivity contribution >= 4 is 21.8 Å². The zero-order valence-corrected chi connectivity index (χ0v) is 19.9. The summed E-state index contributed by atoms with van der Waals surface area (Å²) in [5.74, 6) is 3.58. The van der Waals surface area contributed by atoms with Crippen LogP contribution in [0.4, 0.5) is 0 Å². The summed E-state index contributed by atoms with van der Waals surface area (Å²) in [4.78, 5) is 3.65. The van der Waals surface area contributed by atoms with Crippen molar-refractivity contribution in [1.29, 1.82) is 0 Å². The van der Waals surface area contributed by atoms with Gasteiger partial charge >= 0.3 is 0 Å². The minimum absolute atomic E-state index is 0.237. The van der Waals surface area contributed by atoms with Gasteiger partial charge in [0.25, 0.3) is 0 Å². The second-order valence-electron chi connectivity index (χ2n) is 11.9. The number of rotatable bonds is 1. The average molecular weight is 452 g/mol. The van der Waals surface area contributed by atoms with Gasteiger partial charge in [-0.2, -0.15) is 0 Å². The van der Waals surface area contributed by atoms with Crippen LogP contribution in [0.3, 0.4) is 0 Å². The Balaban J connectivity index is 1.26. The van der Waals surface area contributed by atoms with Gasteiger partial charge in [-0.15, -0.1) is 0 Å². The zero-order chi connectivity index (χ0) is 22.7. The Morgan fingerprint density at radius 3 is 2.06 bits per heavy atom. The molecule has 5 aromatic rings. The lowest BCUT2D eigenvalue weighted by Gasteiger charge is -2.61. The van der Waals surface area contributed by atoms with Crippen LogP contribution in [0.2, 0.25) is 0 Å². The minimum atomic E-state index is 0.237. The highest BCUT2D eigenvalue weighted by molar-refractivity contribution is 6.08. The number of benzene rings is 4. The SMILES string of the molecule is c1ccc2c(c1)-c1ccc(-c3ccc4c(c3)[nH]c3ccccc34)cc1C21C2CC3CC(C2)CC1C3. The van der Waals surface area contributed by atoms with Gasteiger partial charge in [0.2, 0.25) is 0 Å². The van der Waals surface area contributed by atoms with Crippen molar-refractivity contribution in [2.24, 2.45) is 23.7 Å². The summed E-state index contributed by atoms with van der Waals surface area (Å²) >= 11 is 0. The zero-order valence-electron chi connectivity index (χ0n) is 19.9. The molecule has 1 aromatic heterocycles. The Bertz CT molecular complexity index is 1640. The maximum atomic E-state index is 3.65. The smallest absolute Gasteiger partial charge is 0.0471 e. The number of hydrogen-bond acceptors (Lipinski definition) is 0. The largest absolute Gasteiger partial charge is 0.354 e. The fraction of sp³-hybridized carbons (Fsp3) is 0.294. The molecule has 5 aliphatic rings. The van der Waals surface area contributed by atoms with Gasteiger partial charge in [0.05, 0.1) is 0 Å². The lowest BCUT2D eigenvalue weighted by molar-refractivity contribution is -0.0399. The molecule has 35 heavy (non-hydrogen) atoms. The molecule has 1 heterocycles. The first-order valence-electron chi connectivity index (χ1n) is 13.5. The van der Waals surface area contributed by atoms with Crippen LogP contribution in [0.1, 0.15) is 43.2 Å². The van der Waals surface area contributed by atoms with E-state index in [2.05, 4.69) is 89.9 Å². The predicted octanol–water partition coefficient (Wildman–Crippen LogP) is 8.71. The predicted molar refractivity (Wildman–Crippen MR) is 145 cm³/mol. The molecule has 0 atom stereocenters. The van der Waals surface area contributed by atoms with E-state index in [9.17, 15) is 0 Å². The quantitative estimate of drug-likeness (QED) is 0.262. The van der Waals surface area contributed by atoms with E-state index in [1.807, 2.05) is 0 Å². The van der Waals surface area contributed by atoms with E-state index in [-0.39, 0.29) is 5.41 Å². The molecular formula is C34H29N. The van der Waals surface area contributed by atoms with Crippen molar-refractivity contribution in [2.75, 3.05) is 0 Å². The Kier molecular flexibility index (Phi) is 3.50. The van der Waals surface area contributed by atoms with Crippen LogP contribution in [0.15, 0.2) is 84.9 Å². The highest BCUT2D eigenvalue weighted by Crippen LogP contribution is 2.69. The number of H-pyrrole nitrogens is 1. The molecule has 4 bridgehead atoms. The molecule has 1 spiro atoms. The minimum Gasteiger partial charge on any atom is -0.354 e. The number of fused-ring (bicyclic) bond motifs is 6. The molecule has 4 saturated carbocycles. The third kappa shape index (κ3) is 2.30. The third-order valence-electron chi connectivity index (χ3n) is 10.4. The van der Waals surface area contributed by atoms with Gasteiger partial charge in [-0.3, -0.25) is 0 Å². The number of para-hydroxylation sites is 1. The second kappa shape index (κ2) is 6.46. The highest BCUT2D eigenvalue weighted by Gasteiger charge is 2.61. The van der Waals surface area contributed by atoms with E-state index in [0.717, 1.165) is 23.7 Å². The van der Waals surface area contributed by atoms with E-state index in [4.69, 9.17) is 0 Å². The van der Waals surface area contributed by atoms with E-state index in [1.165, 1.54) is 76.2 Å². The van der Waals surface area contributed by atoms with Crippen molar-refractivity contribution in [3.8, 4) is 22.3 Å². The van der Waals surface area contributed by atoms with Crippen LogP contribution in [0, 0.1) is 23.7 Å². The Labute approximate surface area is 206 Å². The first-order valence-corrected chi connectivity index (χ1v) is 13.5. The average Bonchev–Trinajstić information content (AvgIpc) is 3.40. The monoisotopic (exact) mass is 451 g/mol. The summed E-state index contributed by atoms with van der Waals surface area (Å²) in [7, 11) is 0. The molecule has 1 nitrogen and oxygen atoms in total. The molecule has 0 radical (unpaired) electrons. The molecule has 4 fully saturated rings. The molecule has 1 heteroatoms. The molecule has 10 rings (SSSR count). The van der Waals surface area contributed by atoms with Gasteiger partial charge in [-0.1, -0.05) is 66.7 Å². The molecule has 0 amide bonds. The van der Waals surface area contributed by atoms with Gasteiger partial charge in [-0.25, -0.2) is 0 Å². The maximum Gasteiger partial charge on any atom is 0.0471 e. The van der Waals surface area contributed by atoms with Gasteiger partial charge in [0.1, 0.15) is 0 Å². The highest BCUT2D eigenvalue weighted by atomic mass is 14.7. The number of nitrogens with one attached hydrogen (secondary N) is 1. The molecule has 0 saturated heterocycles. The molecule has 4 aromatic carbocycles. The van der Waals surface area contributed by atoms with Crippen molar-refractivity contribution < 1.29 is 0 Å². The number of aromatic nitrogens is 1. The van der Waals surface area contributed by atoms with E-state index in [1.54, 1.807) is 11.1 Å². The van der Waals surface area contributed by atoms with Crippen molar-refractivity contribution in [1.82, 2.24) is 4.98 Å². The van der Waals surface area contributed by atoms with Crippen LogP contribution in [0.25, 0.3) is 44.1 Å². The summed E-state index contributed by atoms with van der Waals surface area (Å²) in [5.41, 5.74) is 11.7. The maximum absolute atomic E-state index is 3.65. The second-order valence-corrected chi connectivity index (χ2v) is 11.9. The lowest BCUT2D eigenvalue weighted by atomic mass is 9.43. The molecule has 1 N–H and O–H groups in total. The Morgan fingerprint density at radius 2 is 1.20 bits per heavy atom. The van der Waals surface area contributed by atoms with Crippen molar-refractivity contribution in [2.45, 2.75) is 37.5 Å². The number of aromatic amines is 1. The van der Waals surface area contributed by atoms with E-state index >= 15 is 0 Å². The first kappa shape index (κ1) is 18.9. The third-order valence-corrected chi connectivity index (χ3v) is 10.4. The topological polar surface area (TPSA) is 15.8 Å². The first-order chi connectivity index (χ1) is 17.3. The molecule has 5 aliphatic carbocycles. The summed E-state index contributed by atoms with van der Waals surface area (Å²) in [6.07, 6.45) is 7.25. The summed E-state index contributed by atoms with van der Waals surface area (Å²) in [5, 5.41) is 2.63. The van der Waals surface area contributed by atoms with Gasteiger partial charge in [-0.05, 0) is 107 Å². The van der Waals surface area contributed by atoms with E-state index < -0.39 is 0 Å². The summed E-state index contributed by atoms with van der Waals surface area (Å²) in [6.45, 7) is 0. The molecule has 170 valence electrons. The Hall–Kier alpha value is -3.32. The van der Waals surface area contributed by atoms with Gasteiger partial charge in [0, 0.05) is 27.2 Å². The fourth-order valence-electron chi connectivity index (χ4n) is 9.37. The normalized spacial score (nSPS) is 29.8.